The van der Waals surface area contributed by atoms with Gasteiger partial charge in [-0.05, 0) is 38.5 Å². The molecule has 1 atom stereocenters. The van der Waals surface area contributed by atoms with Gasteiger partial charge in [0.05, 0.1) is 10.5 Å². The predicted octanol–water partition coefficient (Wildman–Crippen LogP) is 4.28. The number of nitrogens with zero attached hydrogens (tertiary/aromatic N) is 1. The number of halogens is 1. The normalized spacial score (nSPS) is 14.3. The summed E-state index contributed by atoms with van der Waals surface area (Å²) in [6, 6.07) is 7.83. The standard InChI is InChI=1S/C14H18BrNOS/c1-5-6-13(16-18(17)14(2,3)4)11-7-9-12(15)10-8-11/h5,7-10H,1,6H2,2-4H3/b16-13+/t18-/m0/s1. The lowest BCUT2D eigenvalue weighted by molar-refractivity contribution is 0.650. The molecule has 98 valence electrons. The molecule has 0 saturated carbocycles. The molecule has 18 heavy (non-hydrogen) atoms. The second-order valence-electron chi connectivity index (χ2n) is 4.90. The lowest BCUT2D eigenvalue weighted by Crippen LogP contribution is -2.21. The van der Waals surface area contributed by atoms with Gasteiger partial charge in [-0.15, -0.1) is 6.58 Å². The van der Waals surface area contributed by atoms with Gasteiger partial charge < -0.3 is 0 Å². The number of allylic oxidation sites excluding steroid dienone is 1. The van der Waals surface area contributed by atoms with Crippen molar-refractivity contribution in [3.05, 3.63) is 47.0 Å². The zero-order valence-corrected chi connectivity index (χ0v) is 13.3. The highest BCUT2D eigenvalue weighted by Gasteiger charge is 2.19. The van der Waals surface area contributed by atoms with E-state index in [0.717, 1.165) is 15.7 Å². The SMILES string of the molecule is C=CC/C(=N\[S@@](=O)C(C)(C)C)c1ccc(Br)cc1. The number of hydrogen-bond acceptors (Lipinski definition) is 1. The van der Waals surface area contributed by atoms with Crippen LogP contribution in [0.4, 0.5) is 0 Å². The third kappa shape index (κ3) is 4.50. The van der Waals surface area contributed by atoms with Gasteiger partial charge >= 0.3 is 0 Å². The van der Waals surface area contributed by atoms with Crippen molar-refractivity contribution in [1.82, 2.24) is 0 Å². The Morgan fingerprint density at radius 2 is 1.94 bits per heavy atom. The van der Waals surface area contributed by atoms with E-state index in [2.05, 4.69) is 26.9 Å². The number of benzene rings is 1. The highest BCUT2D eigenvalue weighted by molar-refractivity contribution is 9.10. The average molecular weight is 328 g/mol. The van der Waals surface area contributed by atoms with Crippen LogP contribution in [0.15, 0.2) is 45.8 Å². The fourth-order valence-electron chi connectivity index (χ4n) is 1.22. The second kappa shape index (κ2) is 6.43. The first-order valence-electron chi connectivity index (χ1n) is 5.71. The van der Waals surface area contributed by atoms with E-state index in [1.54, 1.807) is 6.08 Å². The van der Waals surface area contributed by atoms with Crippen molar-refractivity contribution in [2.45, 2.75) is 31.9 Å². The maximum Gasteiger partial charge on any atom is 0.145 e. The topological polar surface area (TPSA) is 29.4 Å². The molecule has 0 aliphatic rings. The predicted molar refractivity (Wildman–Crippen MR) is 83.4 cm³/mol. The minimum atomic E-state index is -1.25. The van der Waals surface area contributed by atoms with E-state index in [9.17, 15) is 4.21 Å². The maximum atomic E-state index is 12.1. The Labute approximate surface area is 120 Å². The van der Waals surface area contributed by atoms with Gasteiger partial charge in [0.15, 0.2) is 0 Å². The van der Waals surface area contributed by atoms with Crippen molar-refractivity contribution < 1.29 is 4.21 Å². The molecule has 0 radical (unpaired) electrons. The zero-order valence-electron chi connectivity index (χ0n) is 10.9. The smallest absolute Gasteiger partial charge is 0.145 e. The molecule has 0 amide bonds. The fourth-order valence-corrected chi connectivity index (χ4v) is 2.14. The van der Waals surface area contributed by atoms with Crippen molar-refractivity contribution in [3.8, 4) is 0 Å². The summed E-state index contributed by atoms with van der Waals surface area (Å²) in [5.74, 6) is 0. The fraction of sp³-hybridized carbons (Fsp3) is 0.357. The van der Waals surface area contributed by atoms with E-state index in [4.69, 9.17) is 0 Å². The monoisotopic (exact) mass is 327 g/mol. The Morgan fingerprint density at radius 3 is 2.39 bits per heavy atom. The highest BCUT2D eigenvalue weighted by Crippen LogP contribution is 2.17. The molecule has 1 aromatic rings. The summed E-state index contributed by atoms with van der Waals surface area (Å²) in [6.45, 7) is 9.47. The van der Waals surface area contributed by atoms with Crippen LogP contribution in [0.3, 0.4) is 0 Å². The van der Waals surface area contributed by atoms with Crippen LogP contribution < -0.4 is 0 Å². The van der Waals surface area contributed by atoms with Crippen LogP contribution in [0, 0.1) is 0 Å². The van der Waals surface area contributed by atoms with Crippen molar-refractivity contribution in [1.29, 1.82) is 0 Å². The third-order valence-corrected chi connectivity index (χ3v) is 4.19. The maximum absolute atomic E-state index is 12.1. The quantitative estimate of drug-likeness (QED) is 0.599. The molecule has 2 nitrogen and oxygen atoms in total. The van der Waals surface area contributed by atoms with Crippen molar-refractivity contribution in [2.24, 2.45) is 4.40 Å². The summed E-state index contributed by atoms with van der Waals surface area (Å²) in [7, 11) is -1.25. The van der Waals surface area contributed by atoms with Crippen LogP contribution >= 0.6 is 15.9 Å². The lowest BCUT2D eigenvalue weighted by Gasteiger charge is -2.15. The Bertz CT molecular complexity index is 472. The van der Waals surface area contributed by atoms with Gasteiger partial charge in [0.25, 0.3) is 0 Å². The zero-order chi connectivity index (χ0) is 13.8. The van der Waals surface area contributed by atoms with Crippen LogP contribution in [-0.4, -0.2) is 14.7 Å². The van der Waals surface area contributed by atoms with Crippen molar-refractivity contribution in [2.75, 3.05) is 0 Å². The van der Waals surface area contributed by atoms with Crippen LogP contribution in [0.2, 0.25) is 0 Å². The molecular weight excluding hydrogens is 310 g/mol. The van der Waals surface area contributed by atoms with Gasteiger partial charge in [-0.2, -0.15) is 4.40 Å². The third-order valence-electron chi connectivity index (χ3n) is 2.23. The molecule has 1 aromatic carbocycles. The van der Waals surface area contributed by atoms with Gasteiger partial charge in [-0.3, -0.25) is 0 Å². The largest absolute Gasteiger partial charge is 0.234 e. The minimum absolute atomic E-state index is 0.345. The Morgan fingerprint density at radius 1 is 1.39 bits per heavy atom. The number of hydrogen-bond donors (Lipinski definition) is 0. The summed E-state index contributed by atoms with van der Waals surface area (Å²) >= 11 is 3.40. The first kappa shape index (κ1) is 15.3. The summed E-state index contributed by atoms with van der Waals surface area (Å²) < 4.78 is 17.1. The van der Waals surface area contributed by atoms with Gasteiger partial charge in [0.2, 0.25) is 0 Å². The Hall–Kier alpha value is -0.740. The summed E-state index contributed by atoms with van der Waals surface area (Å²) in [4.78, 5) is 0. The summed E-state index contributed by atoms with van der Waals surface area (Å²) in [5, 5.41) is 0. The second-order valence-corrected chi connectivity index (χ2v) is 7.72. The van der Waals surface area contributed by atoms with Gasteiger partial charge in [0, 0.05) is 10.9 Å². The molecule has 0 aromatic heterocycles. The molecule has 0 fully saturated rings. The summed E-state index contributed by atoms with van der Waals surface area (Å²) in [6.07, 6.45) is 2.39. The first-order chi connectivity index (χ1) is 8.34. The van der Waals surface area contributed by atoms with E-state index in [1.807, 2.05) is 45.0 Å². The lowest BCUT2D eigenvalue weighted by atomic mass is 10.1. The van der Waals surface area contributed by atoms with Gasteiger partial charge in [0.1, 0.15) is 11.0 Å². The molecule has 4 heteroatoms. The molecule has 0 bridgehead atoms. The van der Waals surface area contributed by atoms with E-state index in [0.29, 0.717) is 6.42 Å². The molecule has 0 saturated heterocycles. The molecule has 1 rings (SSSR count). The Kier molecular flexibility index (Phi) is 5.47. The molecule has 0 aliphatic carbocycles. The first-order valence-corrected chi connectivity index (χ1v) is 7.61. The minimum Gasteiger partial charge on any atom is -0.234 e. The molecular formula is C14H18BrNOS. The van der Waals surface area contributed by atoms with Crippen molar-refractivity contribution in [3.63, 3.8) is 0 Å². The van der Waals surface area contributed by atoms with E-state index in [1.165, 1.54) is 0 Å². The number of rotatable bonds is 4. The summed E-state index contributed by atoms with van der Waals surface area (Å²) in [5.41, 5.74) is 1.79. The molecule has 0 unspecified atom stereocenters. The van der Waals surface area contributed by atoms with E-state index < -0.39 is 11.0 Å². The van der Waals surface area contributed by atoms with Gasteiger partial charge in [-0.25, -0.2) is 4.21 Å². The highest BCUT2D eigenvalue weighted by atomic mass is 79.9. The average Bonchev–Trinajstić information content (AvgIpc) is 2.28. The molecule has 0 spiro atoms. The van der Waals surface area contributed by atoms with Crippen LogP contribution in [0.25, 0.3) is 0 Å². The molecule has 0 heterocycles. The van der Waals surface area contributed by atoms with E-state index >= 15 is 0 Å². The van der Waals surface area contributed by atoms with Gasteiger partial charge in [-0.1, -0.05) is 34.1 Å². The van der Waals surface area contributed by atoms with Crippen molar-refractivity contribution >= 4 is 32.6 Å². The Balaban J connectivity index is 3.10. The van der Waals surface area contributed by atoms with E-state index in [-0.39, 0.29) is 4.75 Å². The van der Waals surface area contributed by atoms with Crippen LogP contribution in [-0.2, 0) is 11.0 Å². The van der Waals surface area contributed by atoms with Crippen LogP contribution in [0.5, 0.6) is 0 Å². The molecule has 0 aliphatic heterocycles. The van der Waals surface area contributed by atoms with Crippen LogP contribution in [0.1, 0.15) is 32.8 Å². The molecule has 0 N–H and O–H groups in total.